The molecule has 200 valence electrons. The number of alkyl carbamates (subject to hydrolysis) is 1. The highest BCUT2D eigenvalue weighted by atomic mass is 35.5. The van der Waals surface area contributed by atoms with Crippen molar-refractivity contribution in [2.24, 2.45) is 0 Å². The van der Waals surface area contributed by atoms with Crippen LogP contribution >= 0.6 is 11.6 Å². The summed E-state index contributed by atoms with van der Waals surface area (Å²) in [6.07, 6.45) is -0.517. The molecule has 0 bridgehead atoms. The van der Waals surface area contributed by atoms with Crippen LogP contribution in [0.2, 0.25) is 5.02 Å². The Balaban J connectivity index is 1.51. The predicted molar refractivity (Wildman–Crippen MR) is 134 cm³/mol. The molecule has 2 atom stereocenters. The minimum Gasteiger partial charge on any atom is -0.453 e. The minimum atomic E-state index is -2.79. The van der Waals surface area contributed by atoms with E-state index >= 15 is 0 Å². The largest absolute Gasteiger partial charge is 0.453 e. The van der Waals surface area contributed by atoms with Crippen LogP contribution in [0.3, 0.4) is 0 Å². The average molecular weight is 548 g/mol. The predicted octanol–water partition coefficient (Wildman–Crippen LogP) is 3.46. The number of fused-ring (bicyclic) bond motifs is 1. The highest BCUT2D eigenvalue weighted by molar-refractivity contribution is 6.36. The van der Waals surface area contributed by atoms with Gasteiger partial charge in [-0.2, -0.15) is 14.8 Å². The highest BCUT2D eigenvalue weighted by Gasteiger charge is 2.36. The Hall–Kier alpha value is -3.96. The summed E-state index contributed by atoms with van der Waals surface area (Å²) in [5, 5.41) is 22.8. The molecular weight excluding hydrogens is 524 g/mol. The number of amides is 1. The van der Waals surface area contributed by atoms with Crippen molar-refractivity contribution in [2.45, 2.75) is 37.5 Å². The molecule has 15 heteroatoms. The first-order valence-electron chi connectivity index (χ1n) is 11.7. The molecule has 5 rings (SSSR count). The summed E-state index contributed by atoms with van der Waals surface area (Å²) in [6, 6.07) is 4.33. The number of benzene rings is 1. The lowest BCUT2D eigenvalue weighted by Crippen LogP contribution is -2.43. The quantitative estimate of drug-likeness (QED) is 0.384. The van der Waals surface area contributed by atoms with Gasteiger partial charge in [0.25, 0.3) is 6.43 Å². The van der Waals surface area contributed by atoms with Crippen LogP contribution in [0.4, 0.5) is 36.7 Å². The summed E-state index contributed by atoms with van der Waals surface area (Å²) in [5.41, 5.74) is 0.750. The Morgan fingerprint density at radius 2 is 2.08 bits per heavy atom. The van der Waals surface area contributed by atoms with Crippen LogP contribution in [-0.4, -0.2) is 71.2 Å². The summed E-state index contributed by atoms with van der Waals surface area (Å²) in [6.45, 7) is 0.535. The van der Waals surface area contributed by atoms with Crippen LogP contribution < -0.4 is 20.9 Å². The highest BCUT2D eigenvalue weighted by Crippen LogP contribution is 2.40. The summed E-state index contributed by atoms with van der Waals surface area (Å²) in [5.74, 6) is 0.447. The lowest BCUT2D eigenvalue weighted by Gasteiger charge is -2.23. The molecule has 0 unspecified atom stereocenters. The number of halogens is 3. The number of imidazole rings is 1. The maximum absolute atomic E-state index is 13.9. The van der Waals surface area contributed by atoms with Crippen molar-refractivity contribution >= 4 is 46.5 Å². The number of alkyl halides is 2. The van der Waals surface area contributed by atoms with Crippen molar-refractivity contribution < 1.29 is 23.0 Å². The third-order valence-electron chi connectivity index (χ3n) is 6.37. The molecule has 1 saturated heterocycles. The number of ether oxygens (including phenoxy) is 2. The zero-order chi connectivity index (χ0) is 27.0. The lowest BCUT2D eigenvalue weighted by molar-refractivity contribution is 0.0922. The van der Waals surface area contributed by atoms with Gasteiger partial charge >= 0.3 is 6.09 Å². The second-order valence-corrected chi connectivity index (χ2v) is 9.32. The Morgan fingerprint density at radius 1 is 1.29 bits per heavy atom. The Kier molecular flexibility index (Phi) is 7.04. The van der Waals surface area contributed by atoms with Gasteiger partial charge < -0.3 is 30.3 Å². The van der Waals surface area contributed by atoms with Crippen LogP contribution in [0.15, 0.2) is 18.3 Å². The van der Waals surface area contributed by atoms with Crippen molar-refractivity contribution in [3.8, 4) is 6.07 Å². The first-order valence-corrected chi connectivity index (χ1v) is 12.1. The van der Waals surface area contributed by atoms with E-state index in [0.717, 1.165) is 12.8 Å². The van der Waals surface area contributed by atoms with Gasteiger partial charge in [-0.05, 0) is 25.0 Å². The maximum Gasteiger partial charge on any atom is 0.407 e. The zero-order valence-electron chi connectivity index (χ0n) is 20.4. The van der Waals surface area contributed by atoms with Crippen LogP contribution in [-0.2, 0) is 9.47 Å². The van der Waals surface area contributed by atoms with Crippen molar-refractivity contribution in [2.75, 3.05) is 42.8 Å². The second-order valence-electron chi connectivity index (χ2n) is 8.94. The standard InChI is InChI=1S/C23H24ClF2N9O3/c1-37-17-10-34(9-15(17)31-23(36)38-2)16-6-11(19(25)26)5-14(18(16)24)30-22-32-20(29-12-3-4-12)21-28-8-13(7-27)35(21)33-22/h5-6,8,12,15,17,19H,3-4,9-10H2,1-2H3,(H,31,36)(H2,29,30,32,33)/t15-,17-/m0/s1. The molecule has 2 aromatic heterocycles. The average Bonchev–Trinajstić information content (AvgIpc) is 3.47. The number of hydrogen-bond acceptors (Lipinski definition) is 10. The summed E-state index contributed by atoms with van der Waals surface area (Å²) >= 11 is 6.73. The van der Waals surface area contributed by atoms with Crippen molar-refractivity contribution in [1.82, 2.24) is 24.9 Å². The number of rotatable bonds is 8. The molecule has 1 aliphatic carbocycles. The van der Waals surface area contributed by atoms with Gasteiger partial charge in [-0.3, -0.25) is 0 Å². The number of aromatic nitrogens is 4. The van der Waals surface area contributed by atoms with Gasteiger partial charge in [0.1, 0.15) is 6.07 Å². The van der Waals surface area contributed by atoms with E-state index in [1.807, 2.05) is 6.07 Å². The molecule has 0 radical (unpaired) electrons. The van der Waals surface area contributed by atoms with E-state index in [0.29, 0.717) is 17.2 Å². The molecule has 3 heterocycles. The monoisotopic (exact) mass is 547 g/mol. The van der Waals surface area contributed by atoms with E-state index in [1.54, 1.807) is 4.90 Å². The molecular formula is C23H24ClF2N9O3. The third-order valence-corrected chi connectivity index (χ3v) is 6.76. The number of nitrogens with zero attached hydrogens (tertiary/aromatic N) is 6. The maximum atomic E-state index is 13.9. The summed E-state index contributed by atoms with van der Waals surface area (Å²) in [7, 11) is 2.75. The van der Waals surface area contributed by atoms with E-state index in [1.165, 1.54) is 37.1 Å². The van der Waals surface area contributed by atoms with Crippen LogP contribution in [0.25, 0.3) is 5.65 Å². The van der Waals surface area contributed by atoms with Gasteiger partial charge in [-0.25, -0.2) is 18.6 Å². The van der Waals surface area contributed by atoms with E-state index in [2.05, 4.69) is 35.8 Å². The fourth-order valence-corrected chi connectivity index (χ4v) is 4.56. The Labute approximate surface area is 220 Å². The number of carbonyl (C=O) groups excluding carboxylic acids is 1. The fourth-order valence-electron chi connectivity index (χ4n) is 4.29. The van der Waals surface area contributed by atoms with Gasteiger partial charge in [-0.1, -0.05) is 11.6 Å². The Bertz CT molecular complexity index is 1410. The second kappa shape index (κ2) is 10.4. The summed E-state index contributed by atoms with van der Waals surface area (Å²) in [4.78, 5) is 22.2. The van der Waals surface area contributed by atoms with Crippen molar-refractivity contribution in [3.63, 3.8) is 0 Å². The third kappa shape index (κ3) is 5.07. The van der Waals surface area contributed by atoms with E-state index < -0.39 is 24.7 Å². The molecule has 2 aliphatic rings. The van der Waals surface area contributed by atoms with Crippen molar-refractivity contribution in [1.29, 1.82) is 5.26 Å². The lowest BCUT2D eigenvalue weighted by atomic mass is 10.1. The topological polar surface area (TPSA) is 142 Å². The number of carbonyl (C=O) groups is 1. The molecule has 2 fully saturated rings. The van der Waals surface area contributed by atoms with Gasteiger partial charge in [0.15, 0.2) is 17.2 Å². The molecule has 3 aromatic rings. The van der Waals surface area contributed by atoms with E-state index in [4.69, 9.17) is 16.3 Å². The van der Waals surface area contributed by atoms with E-state index in [-0.39, 0.29) is 47.0 Å². The zero-order valence-corrected chi connectivity index (χ0v) is 21.2. The number of anilines is 4. The number of nitrogens with one attached hydrogen (secondary N) is 3. The molecule has 1 aromatic carbocycles. The van der Waals surface area contributed by atoms with Gasteiger partial charge in [-0.15, -0.1) is 5.10 Å². The SMILES string of the molecule is COC(=O)N[C@H]1CN(c2cc(C(F)F)cc(Nc3nc(NC4CC4)c4ncc(C#N)n4n3)c2Cl)C[C@@H]1OC. The van der Waals surface area contributed by atoms with Crippen LogP contribution in [0, 0.1) is 11.3 Å². The molecule has 1 aliphatic heterocycles. The minimum absolute atomic E-state index is 0.0378. The van der Waals surface area contributed by atoms with Gasteiger partial charge in [0.05, 0.1) is 41.8 Å². The number of nitriles is 1. The van der Waals surface area contributed by atoms with E-state index in [9.17, 15) is 18.8 Å². The molecule has 1 amide bonds. The summed E-state index contributed by atoms with van der Waals surface area (Å²) < 4.78 is 39.3. The number of methoxy groups -OCH3 is 2. The molecule has 3 N–H and O–H groups in total. The molecule has 38 heavy (non-hydrogen) atoms. The van der Waals surface area contributed by atoms with Crippen LogP contribution in [0.1, 0.15) is 30.5 Å². The first-order chi connectivity index (χ1) is 18.3. The normalized spacial score (nSPS) is 19.0. The van der Waals surface area contributed by atoms with Gasteiger partial charge in [0, 0.05) is 31.8 Å². The molecule has 0 spiro atoms. The Morgan fingerprint density at radius 3 is 2.74 bits per heavy atom. The molecule has 12 nitrogen and oxygen atoms in total. The fraction of sp³-hybridized carbons (Fsp3) is 0.435. The first kappa shape index (κ1) is 25.7. The smallest absolute Gasteiger partial charge is 0.407 e. The van der Waals surface area contributed by atoms with Crippen molar-refractivity contribution in [3.05, 3.63) is 34.6 Å². The molecule has 1 saturated carbocycles. The number of hydrogen-bond donors (Lipinski definition) is 3. The van der Waals surface area contributed by atoms with Crippen LogP contribution in [0.5, 0.6) is 0 Å². The van der Waals surface area contributed by atoms with Gasteiger partial charge in [0.2, 0.25) is 5.95 Å².